The number of nitrogens with one attached hydrogen (secondary N) is 1. The molecule has 3 heteroatoms. The molecule has 5 atom stereocenters. The highest BCUT2D eigenvalue weighted by Crippen LogP contribution is 2.39. The summed E-state index contributed by atoms with van der Waals surface area (Å²) in [4.78, 5) is 1.56. The minimum absolute atomic E-state index is 0.300. The van der Waals surface area contributed by atoms with Crippen LogP contribution in [0.2, 0.25) is 0 Å². The lowest BCUT2D eigenvalue weighted by Gasteiger charge is -2.39. The summed E-state index contributed by atoms with van der Waals surface area (Å²) in [6.45, 7) is 13.1. The second-order valence-corrected chi connectivity index (χ2v) is 8.68. The van der Waals surface area contributed by atoms with Gasteiger partial charge in [-0.2, -0.15) is 0 Å². The smallest absolute Gasteiger partial charge is 0.126 e. The van der Waals surface area contributed by atoms with Gasteiger partial charge in [-0.3, -0.25) is 0 Å². The van der Waals surface area contributed by atoms with Crippen LogP contribution in [0, 0.1) is 17.3 Å². The predicted molar refractivity (Wildman–Crippen MR) is 86.5 cm³/mol. The number of hydrogen-bond donors (Lipinski definition) is 2. The lowest BCUT2D eigenvalue weighted by atomic mass is 9.71. The van der Waals surface area contributed by atoms with E-state index < -0.39 is 0 Å². The van der Waals surface area contributed by atoms with Crippen LogP contribution in [0.1, 0.15) is 59.8 Å². The molecule has 0 aromatic heterocycles. The van der Waals surface area contributed by atoms with Gasteiger partial charge in [-0.05, 0) is 43.4 Å². The van der Waals surface area contributed by atoms with Crippen molar-refractivity contribution in [1.29, 1.82) is 0 Å². The van der Waals surface area contributed by atoms with Crippen LogP contribution in [0.25, 0.3) is 0 Å². The van der Waals surface area contributed by atoms with Crippen molar-refractivity contribution in [2.24, 2.45) is 17.3 Å². The van der Waals surface area contributed by atoms with Crippen molar-refractivity contribution in [2.75, 3.05) is 26.2 Å². The Morgan fingerprint density at radius 1 is 1.24 bits per heavy atom. The van der Waals surface area contributed by atoms with Crippen molar-refractivity contribution in [2.45, 2.75) is 72.0 Å². The van der Waals surface area contributed by atoms with E-state index in [4.69, 9.17) is 4.74 Å². The highest BCUT2D eigenvalue weighted by atomic mass is 16.5. The van der Waals surface area contributed by atoms with Crippen molar-refractivity contribution in [1.82, 2.24) is 0 Å². The average molecular weight is 298 g/mol. The highest BCUT2D eigenvalue weighted by molar-refractivity contribution is 4.83. The third kappa shape index (κ3) is 5.88. The van der Waals surface area contributed by atoms with Crippen molar-refractivity contribution < 1.29 is 14.7 Å². The Morgan fingerprint density at radius 3 is 2.67 bits per heavy atom. The van der Waals surface area contributed by atoms with E-state index in [1.165, 1.54) is 32.4 Å². The highest BCUT2D eigenvalue weighted by Gasteiger charge is 2.33. The number of aliphatic hydroxyl groups excluding tert-OH is 1. The molecule has 1 heterocycles. The molecule has 3 nitrogen and oxygen atoms in total. The zero-order valence-electron chi connectivity index (χ0n) is 14.5. The van der Waals surface area contributed by atoms with Crippen LogP contribution in [0.3, 0.4) is 0 Å². The second-order valence-electron chi connectivity index (χ2n) is 8.68. The molecule has 1 unspecified atom stereocenters. The van der Waals surface area contributed by atoms with Crippen molar-refractivity contribution in [3.05, 3.63) is 0 Å². The van der Waals surface area contributed by atoms with E-state index in [1.807, 2.05) is 0 Å². The number of piperidine rings is 1. The molecule has 0 amide bonds. The van der Waals surface area contributed by atoms with Gasteiger partial charge in [-0.15, -0.1) is 0 Å². The van der Waals surface area contributed by atoms with Gasteiger partial charge in [-0.25, -0.2) is 0 Å². The molecule has 0 aromatic carbocycles. The maximum Gasteiger partial charge on any atom is 0.126 e. The van der Waals surface area contributed by atoms with Gasteiger partial charge in [0, 0.05) is 5.92 Å². The molecule has 124 valence electrons. The summed E-state index contributed by atoms with van der Waals surface area (Å²) in [5.41, 5.74) is 0.390. The first-order chi connectivity index (χ1) is 9.84. The van der Waals surface area contributed by atoms with Crippen LogP contribution in [0.4, 0.5) is 0 Å². The number of likely N-dealkylation sites (tertiary alicyclic amines) is 1. The Bertz CT molecular complexity index is 318. The maximum absolute atomic E-state index is 10.3. The summed E-state index contributed by atoms with van der Waals surface area (Å²) < 4.78 is 6.06. The standard InChI is InChI=1S/C18H35NO2/c1-14-6-5-7-19(11-14)12-16(20)13-21-17-8-15(2)9-18(3,4)10-17/h14-17,20H,5-13H2,1-4H3/p+1/t14-,15+,16+,17-/m1/s1. The van der Waals surface area contributed by atoms with Crippen LogP contribution in [-0.2, 0) is 4.74 Å². The topological polar surface area (TPSA) is 33.9 Å². The van der Waals surface area contributed by atoms with Crippen molar-refractivity contribution in [3.8, 4) is 0 Å². The normalized spacial score (nSPS) is 38.1. The van der Waals surface area contributed by atoms with E-state index in [0.29, 0.717) is 18.1 Å². The number of aliphatic hydroxyl groups is 1. The number of rotatable bonds is 5. The van der Waals surface area contributed by atoms with Gasteiger partial charge in [0.25, 0.3) is 0 Å². The van der Waals surface area contributed by atoms with Crippen LogP contribution >= 0.6 is 0 Å². The molecule has 1 aliphatic heterocycles. The summed E-state index contributed by atoms with van der Waals surface area (Å²) in [5.74, 6) is 1.55. The molecule has 1 aliphatic carbocycles. The maximum atomic E-state index is 10.3. The van der Waals surface area contributed by atoms with Crippen molar-refractivity contribution in [3.63, 3.8) is 0 Å². The number of hydrogen-bond acceptors (Lipinski definition) is 2. The Kier molecular flexibility index (Phi) is 6.10. The lowest BCUT2D eigenvalue weighted by molar-refractivity contribution is -0.911. The largest absolute Gasteiger partial charge is 0.385 e. The number of quaternary nitrogens is 1. The fourth-order valence-corrected chi connectivity index (χ4v) is 4.61. The molecule has 1 saturated heterocycles. The molecule has 0 bridgehead atoms. The minimum Gasteiger partial charge on any atom is -0.385 e. The molecule has 0 spiro atoms. The lowest BCUT2D eigenvalue weighted by Crippen LogP contribution is -3.14. The minimum atomic E-state index is -0.300. The average Bonchev–Trinajstić information content (AvgIpc) is 2.34. The summed E-state index contributed by atoms with van der Waals surface area (Å²) in [6, 6.07) is 0. The molecular formula is C18H36NO2+. The van der Waals surface area contributed by atoms with Gasteiger partial charge in [0.15, 0.2) is 0 Å². The molecule has 2 fully saturated rings. The summed E-state index contributed by atoms with van der Waals surface area (Å²) in [5, 5.41) is 10.3. The number of ether oxygens (including phenoxy) is 1. The van der Waals surface area contributed by atoms with Gasteiger partial charge in [0.1, 0.15) is 12.6 Å². The van der Waals surface area contributed by atoms with Gasteiger partial charge >= 0.3 is 0 Å². The molecule has 2 N–H and O–H groups in total. The molecule has 21 heavy (non-hydrogen) atoms. The van der Waals surface area contributed by atoms with Gasteiger partial charge in [0.2, 0.25) is 0 Å². The van der Waals surface area contributed by atoms with Crippen LogP contribution in [0.5, 0.6) is 0 Å². The second kappa shape index (κ2) is 7.43. The van der Waals surface area contributed by atoms with E-state index in [-0.39, 0.29) is 6.10 Å². The van der Waals surface area contributed by atoms with Gasteiger partial charge in [0.05, 0.1) is 25.8 Å². The Labute approximate surface area is 131 Å². The predicted octanol–water partition coefficient (Wildman–Crippen LogP) is 1.89. The van der Waals surface area contributed by atoms with E-state index >= 15 is 0 Å². The van der Waals surface area contributed by atoms with E-state index in [2.05, 4.69) is 27.7 Å². The quantitative estimate of drug-likeness (QED) is 0.813. The zero-order chi connectivity index (χ0) is 15.5. The summed E-state index contributed by atoms with van der Waals surface area (Å²) >= 11 is 0. The first-order valence-corrected chi connectivity index (χ1v) is 8.97. The molecule has 0 radical (unpaired) electrons. The van der Waals surface area contributed by atoms with Gasteiger partial charge in [-0.1, -0.05) is 27.7 Å². The zero-order valence-corrected chi connectivity index (χ0v) is 14.5. The third-order valence-corrected chi connectivity index (χ3v) is 5.26. The molecule has 0 aromatic rings. The molecule has 1 saturated carbocycles. The van der Waals surface area contributed by atoms with Gasteiger partial charge < -0.3 is 14.7 Å². The monoisotopic (exact) mass is 298 g/mol. The Balaban J connectivity index is 1.69. The summed E-state index contributed by atoms with van der Waals surface area (Å²) in [7, 11) is 0. The Morgan fingerprint density at radius 2 is 2.00 bits per heavy atom. The Hall–Kier alpha value is -0.120. The van der Waals surface area contributed by atoms with Crippen LogP contribution < -0.4 is 4.90 Å². The third-order valence-electron chi connectivity index (χ3n) is 5.26. The van der Waals surface area contributed by atoms with E-state index in [9.17, 15) is 5.11 Å². The van der Waals surface area contributed by atoms with Crippen LogP contribution in [-0.4, -0.2) is 43.6 Å². The fraction of sp³-hybridized carbons (Fsp3) is 1.00. The van der Waals surface area contributed by atoms with Crippen LogP contribution in [0.15, 0.2) is 0 Å². The SMILES string of the molecule is C[C@@H]1CCC[NH+](C[C@H](O)CO[C@@H]2C[C@H](C)CC(C)(C)C2)C1. The molecule has 2 aliphatic rings. The first-order valence-electron chi connectivity index (χ1n) is 8.97. The first kappa shape index (κ1) is 17.2. The van der Waals surface area contributed by atoms with E-state index in [1.54, 1.807) is 4.90 Å². The summed E-state index contributed by atoms with van der Waals surface area (Å²) in [6.07, 6.45) is 6.29. The molecular weight excluding hydrogens is 262 g/mol. The van der Waals surface area contributed by atoms with Crippen molar-refractivity contribution >= 4 is 0 Å². The molecule has 2 rings (SSSR count). The van der Waals surface area contributed by atoms with E-state index in [0.717, 1.165) is 31.2 Å². The fourth-order valence-electron chi connectivity index (χ4n) is 4.61.